The summed E-state index contributed by atoms with van der Waals surface area (Å²) in [4.78, 5) is 24.4. The van der Waals surface area contributed by atoms with Gasteiger partial charge in [0.15, 0.2) is 0 Å². The molecule has 1 N–H and O–H groups in total. The minimum absolute atomic E-state index is 0.0361. The number of hydrogen-bond acceptors (Lipinski definition) is 5. The monoisotopic (exact) mass is 388 g/mol. The van der Waals surface area contributed by atoms with E-state index in [-0.39, 0.29) is 5.56 Å². The van der Waals surface area contributed by atoms with E-state index in [1.54, 1.807) is 0 Å². The summed E-state index contributed by atoms with van der Waals surface area (Å²) in [6.07, 6.45) is 0. The number of nitrogens with zero attached hydrogens (tertiary/aromatic N) is 3. The highest BCUT2D eigenvalue weighted by molar-refractivity contribution is 7.17. The number of thiophene rings is 1. The van der Waals surface area contributed by atoms with E-state index in [2.05, 4.69) is 32.8 Å². The summed E-state index contributed by atoms with van der Waals surface area (Å²) in [5.41, 5.74) is 1.93. The third-order valence-electron chi connectivity index (χ3n) is 5.05. The topological polar surface area (TPSA) is 52.2 Å². The summed E-state index contributed by atoms with van der Waals surface area (Å²) in [7, 11) is 0. The van der Waals surface area contributed by atoms with Gasteiger partial charge in [0.25, 0.3) is 5.56 Å². The predicted octanol–water partition coefficient (Wildman–Crippen LogP) is 3.52. The number of benzene rings is 1. The van der Waals surface area contributed by atoms with Crippen LogP contribution in [-0.2, 0) is 6.54 Å². The quantitative estimate of drug-likeness (QED) is 0.743. The first-order valence-corrected chi connectivity index (χ1v) is 10.0. The molecule has 7 heteroatoms. The molecular weight excluding hydrogens is 368 g/mol. The van der Waals surface area contributed by atoms with Crippen molar-refractivity contribution in [3.63, 3.8) is 0 Å². The van der Waals surface area contributed by atoms with Crippen molar-refractivity contribution < 1.29 is 0 Å². The Balaban J connectivity index is 1.40. The molecule has 26 heavy (non-hydrogen) atoms. The summed E-state index contributed by atoms with van der Waals surface area (Å²) in [6, 6.07) is 10.3. The summed E-state index contributed by atoms with van der Waals surface area (Å²) in [5, 5.41) is 2.74. The number of H-pyrrole nitrogens is 1. The fraction of sp³-hybridized carbons (Fsp3) is 0.368. The Kier molecular flexibility index (Phi) is 5.09. The van der Waals surface area contributed by atoms with E-state index < -0.39 is 0 Å². The number of aromatic nitrogens is 2. The largest absolute Gasteiger partial charge is 0.308 e. The molecule has 0 unspecified atom stereocenters. The fourth-order valence-electron chi connectivity index (χ4n) is 3.53. The summed E-state index contributed by atoms with van der Waals surface area (Å²) < 4.78 is 0.701. The van der Waals surface area contributed by atoms with Crippen LogP contribution < -0.4 is 5.56 Å². The van der Waals surface area contributed by atoms with Crippen LogP contribution in [0.25, 0.3) is 10.2 Å². The molecule has 136 valence electrons. The van der Waals surface area contributed by atoms with Gasteiger partial charge in [-0.25, -0.2) is 4.98 Å². The van der Waals surface area contributed by atoms with Crippen molar-refractivity contribution in [1.82, 2.24) is 19.8 Å². The van der Waals surface area contributed by atoms with Gasteiger partial charge in [-0.3, -0.25) is 14.6 Å². The average molecular weight is 389 g/mol. The molecule has 0 amide bonds. The minimum Gasteiger partial charge on any atom is -0.308 e. The fourth-order valence-corrected chi connectivity index (χ4v) is 4.55. The molecule has 1 aliphatic rings. The first kappa shape index (κ1) is 17.7. The van der Waals surface area contributed by atoms with Gasteiger partial charge < -0.3 is 4.98 Å². The zero-order valence-electron chi connectivity index (χ0n) is 14.6. The SMILES string of the molecule is C[C@H](c1ccccc1Cl)N1CCN(Cc2nc3ccsc3c(=O)[nH]2)CC1. The molecular formula is C19H21ClN4OS. The first-order chi connectivity index (χ1) is 12.6. The molecule has 3 heterocycles. The number of piperazine rings is 1. The lowest BCUT2D eigenvalue weighted by molar-refractivity contribution is 0.0962. The lowest BCUT2D eigenvalue weighted by atomic mass is 10.1. The molecule has 1 aliphatic heterocycles. The van der Waals surface area contributed by atoms with Crippen LogP contribution in [0.1, 0.15) is 24.4 Å². The van der Waals surface area contributed by atoms with E-state index in [1.165, 1.54) is 16.9 Å². The smallest absolute Gasteiger partial charge is 0.268 e. The van der Waals surface area contributed by atoms with E-state index in [0.717, 1.165) is 42.5 Å². The maximum absolute atomic E-state index is 12.1. The van der Waals surface area contributed by atoms with Crippen LogP contribution in [0.2, 0.25) is 5.02 Å². The van der Waals surface area contributed by atoms with Gasteiger partial charge in [0.2, 0.25) is 0 Å². The molecule has 1 fully saturated rings. The number of aromatic amines is 1. The van der Waals surface area contributed by atoms with Crippen LogP contribution in [0.3, 0.4) is 0 Å². The maximum atomic E-state index is 12.1. The van der Waals surface area contributed by atoms with Gasteiger partial charge in [-0.05, 0) is 30.0 Å². The second-order valence-electron chi connectivity index (χ2n) is 6.66. The molecule has 0 bridgehead atoms. The molecule has 0 aliphatic carbocycles. The van der Waals surface area contributed by atoms with Gasteiger partial charge >= 0.3 is 0 Å². The van der Waals surface area contributed by atoms with E-state index in [4.69, 9.17) is 11.6 Å². The van der Waals surface area contributed by atoms with Crippen LogP contribution in [0, 0.1) is 0 Å². The Hall–Kier alpha value is -1.73. The number of rotatable bonds is 4. The predicted molar refractivity (Wildman–Crippen MR) is 107 cm³/mol. The Bertz CT molecular complexity index is 961. The number of hydrogen-bond donors (Lipinski definition) is 1. The van der Waals surface area contributed by atoms with Crippen LogP contribution in [0.5, 0.6) is 0 Å². The van der Waals surface area contributed by atoms with E-state index in [9.17, 15) is 4.79 Å². The molecule has 0 spiro atoms. The van der Waals surface area contributed by atoms with Gasteiger partial charge in [-0.1, -0.05) is 29.8 Å². The molecule has 0 saturated carbocycles. The van der Waals surface area contributed by atoms with Gasteiger partial charge in [0, 0.05) is 37.2 Å². The van der Waals surface area contributed by atoms with Crippen molar-refractivity contribution >= 4 is 33.2 Å². The molecule has 3 aromatic rings. The highest BCUT2D eigenvalue weighted by atomic mass is 35.5. The number of halogens is 1. The molecule has 2 aromatic heterocycles. The second kappa shape index (κ2) is 7.48. The minimum atomic E-state index is -0.0361. The van der Waals surface area contributed by atoms with Crippen molar-refractivity contribution in [2.45, 2.75) is 19.5 Å². The van der Waals surface area contributed by atoms with Crippen LogP contribution in [0.4, 0.5) is 0 Å². The number of nitrogens with one attached hydrogen (secondary N) is 1. The summed E-state index contributed by atoms with van der Waals surface area (Å²) >= 11 is 7.78. The molecule has 5 nitrogen and oxygen atoms in total. The first-order valence-electron chi connectivity index (χ1n) is 8.79. The number of fused-ring (bicyclic) bond motifs is 1. The van der Waals surface area contributed by atoms with Crippen LogP contribution >= 0.6 is 22.9 Å². The third kappa shape index (κ3) is 3.55. The molecule has 1 saturated heterocycles. The maximum Gasteiger partial charge on any atom is 0.268 e. The van der Waals surface area contributed by atoms with Crippen molar-refractivity contribution in [2.75, 3.05) is 26.2 Å². The van der Waals surface area contributed by atoms with Gasteiger partial charge in [-0.2, -0.15) is 0 Å². The van der Waals surface area contributed by atoms with Gasteiger partial charge in [-0.15, -0.1) is 11.3 Å². The van der Waals surface area contributed by atoms with E-state index >= 15 is 0 Å². The Labute approximate surface area is 161 Å². The highest BCUT2D eigenvalue weighted by Crippen LogP contribution is 2.27. The van der Waals surface area contributed by atoms with E-state index in [1.807, 2.05) is 29.6 Å². The Morgan fingerprint density at radius 1 is 1.23 bits per heavy atom. The average Bonchev–Trinajstić information content (AvgIpc) is 3.11. The third-order valence-corrected chi connectivity index (χ3v) is 6.29. The van der Waals surface area contributed by atoms with Crippen molar-refractivity contribution in [3.8, 4) is 0 Å². The highest BCUT2D eigenvalue weighted by Gasteiger charge is 2.23. The zero-order chi connectivity index (χ0) is 18.1. The summed E-state index contributed by atoms with van der Waals surface area (Å²) in [5.74, 6) is 0.744. The summed E-state index contributed by atoms with van der Waals surface area (Å²) in [6.45, 7) is 6.71. The lowest BCUT2D eigenvalue weighted by Gasteiger charge is -2.38. The standard InChI is InChI=1S/C19H21ClN4OS/c1-13(14-4-2-3-5-15(14)20)24-9-7-23(8-10-24)12-17-21-16-6-11-26-18(16)19(25)22-17/h2-6,11,13H,7-10,12H2,1H3,(H,21,22,25)/t13-/m1/s1. The van der Waals surface area contributed by atoms with Gasteiger partial charge in [0.05, 0.1) is 12.1 Å². The molecule has 1 atom stereocenters. The van der Waals surface area contributed by atoms with E-state index in [0.29, 0.717) is 17.3 Å². The normalized spacial score (nSPS) is 17.6. The van der Waals surface area contributed by atoms with Gasteiger partial charge in [0.1, 0.15) is 10.5 Å². The molecule has 4 rings (SSSR count). The second-order valence-corrected chi connectivity index (χ2v) is 7.98. The Morgan fingerprint density at radius 2 is 2.00 bits per heavy atom. The Morgan fingerprint density at radius 3 is 2.77 bits per heavy atom. The molecule has 1 aromatic carbocycles. The molecule has 0 radical (unpaired) electrons. The van der Waals surface area contributed by atoms with Crippen molar-refractivity contribution in [3.05, 3.63) is 62.5 Å². The van der Waals surface area contributed by atoms with Crippen LogP contribution in [-0.4, -0.2) is 45.9 Å². The van der Waals surface area contributed by atoms with Crippen LogP contribution in [0.15, 0.2) is 40.5 Å². The zero-order valence-corrected chi connectivity index (χ0v) is 16.2. The van der Waals surface area contributed by atoms with Crippen molar-refractivity contribution in [1.29, 1.82) is 0 Å². The van der Waals surface area contributed by atoms with Crippen molar-refractivity contribution in [2.24, 2.45) is 0 Å². The lowest BCUT2D eigenvalue weighted by Crippen LogP contribution is -2.47.